The fourth-order valence-corrected chi connectivity index (χ4v) is 6.87. The Bertz CT molecular complexity index is 1700. The van der Waals surface area contributed by atoms with E-state index in [1.165, 1.54) is 6.07 Å². The molecule has 4 atom stereocenters. The van der Waals surface area contributed by atoms with E-state index in [1.54, 1.807) is 24.5 Å². The lowest BCUT2D eigenvalue weighted by molar-refractivity contribution is -0.172. The second kappa shape index (κ2) is 9.34. The van der Waals surface area contributed by atoms with E-state index in [0.717, 1.165) is 22.1 Å². The number of nitrogens with two attached hydrogens (primary N) is 1. The van der Waals surface area contributed by atoms with E-state index in [4.69, 9.17) is 15.5 Å². The number of cyclic esters (lactones) is 1. The van der Waals surface area contributed by atoms with Crippen molar-refractivity contribution in [2.24, 2.45) is 5.73 Å². The largest absolute Gasteiger partial charge is 0.458 e. The number of halogens is 1. The van der Waals surface area contributed by atoms with Gasteiger partial charge in [-0.15, -0.1) is 0 Å². The maximum atomic E-state index is 15.1. The van der Waals surface area contributed by atoms with Crippen LogP contribution in [-0.2, 0) is 34.7 Å². The van der Waals surface area contributed by atoms with Gasteiger partial charge in [-0.2, -0.15) is 12.6 Å². The van der Waals surface area contributed by atoms with Crippen LogP contribution in [0.1, 0.15) is 73.0 Å². The Morgan fingerprint density at radius 3 is 2.68 bits per heavy atom. The highest BCUT2D eigenvalue weighted by molar-refractivity contribution is 7.81. The molecule has 0 spiro atoms. The van der Waals surface area contributed by atoms with Crippen LogP contribution in [0.3, 0.4) is 0 Å². The van der Waals surface area contributed by atoms with Gasteiger partial charge in [0.2, 0.25) is 0 Å². The number of aliphatic hydroxyl groups is 2. The Balaban J connectivity index is 1.62. The van der Waals surface area contributed by atoms with Crippen molar-refractivity contribution >= 4 is 29.5 Å². The zero-order valence-corrected chi connectivity index (χ0v) is 24.7. The Hall–Kier alpha value is -2.83. The number of aliphatic hydroxyl groups excluding tert-OH is 1. The molecule has 41 heavy (non-hydrogen) atoms. The highest BCUT2D eigenvalue weighted by Crippen LogP contribution is 2.47. The van der Waals surface area contributed by atoms with Crippen LogP contribution in [0.25, 0.3) is 22.3 Å². The number of thiol groups is 1. The minimum absolute atomic E-state index is 0.0331. The molecule has 1 unspecified atom stereocenters. The fourth-order valence-electron chi connectivity index (χ4n) is 6.74. The van der Waals surface area contributed by atoms with Crippen LogP contribution in [0.15, 0.2) is 16.9 Å². The predicted molar refractivity (Wildman–Crippen MR) is 155 cm³/mol. The second-order valence-corrected chi connectivity index (χ2v) is 13.3. The molecule has 0 bridgehead atoms. The van der Waals surface area contributed by atoms with Gasteiger partial charge in [-0.05, 0) is 69.8 Å². The number of nitrogens with zero attached hydrogens (tertiary/aromatic N) is 3. The molecule has 3 aromatic rings. The predicted octanol–water partition coefficient (Wildman–Crippen LogP) is 2.80. The molecular formula is C30H35FN4O5S. The topological polar surface area (TPSA) is 131 Å². The van der Waals surface area contributed by atoms with Gasteiger partial charge < -0.3 is 25.3 Å². The highest BCUT2D eigenvalue weighted by Gasteiger charge is 2.46. The maximum absolute atomic E-state index is 15.1. The number of pyridine rings is 2. The Labute approximate surface area is 242 Å². The number of esters is 1. The summed E-state index contributed by atoms with van der Waals surface area (Å²) in [5.41, 5.74) is 9.04. The molecule has 0 saturated heterocycles. The molecule has 0 amide bonds. The third-order valence-electron chi connectivity index (χ3n) is 9.39. The number of aromatic nitrogens is 2. The number of carbonyl (C=O) groups is 1. The van der Waals surface area contributed by atoms with Gasteiger partial charge >= 0.3 is 5.97 Å². The summed E-state index contributed by atoms with van der Waals surface area (Å²) in [6.07, 6.45) is 0.177. The third kappa shape index (κ3) is 3.93. The normalized spacial score (nSPS) is 22.8. The zero-order chi connectivity index (χ0) is 29.8. The molecule has 4 heterocycles. The van der Waals surface area contributed by atoms with E-state index in [2.05, 4.69) is 12.6 Å². The molecule has 218 valence electrons. The van der Waals surface area contributed by atoms with Gasteiger partial charge in [0, 0.05) is 33.4 Å². The highest BCUT2D eigenvalue weighted by atomic mass is 32.1. The minimum Gasteiger partial charge on any atom is -0.458 e. The summed E-state index contributed by atoms with van der Waals surface area (Å²) >= 11 is 4.59. The number of hydrogen-bond donors (Lipinski definition) is 4. The average Bonchev–Trinajstić information content (AvgIpc) is 3.30. The van der Waals surface area contributed by atoms with Crippen LogP contribution >= 0.6 is 12.6 Å². The van der Waals surface area contributed by atoms with Gasteiger partial charge in [-0.25, -0.2) is 14.2 Å². The molecule has 11 heteroatoms. The van der Waals surface area contributed by atoms with Gasteiger partial charge in [0.25, 0.3) is 5.56 Å². The average molecular weight is 583 g/mol. The molecule has 3 aliphatic rings. The number of rotatable bonds is 5. The molecule has 1 aliphatic carbocycles. The van der Waals surface area contributed by atoms with Crippen molar-refractivity contribution in [1.29, 1.82) is 0 Å². The molecule has 2 aliphatic heterocycles. The molecule has 1 aromatic carbocycles. The number of likely N-dealkylation sites (N-methyl/N-ethyl adjacent to an activating group) is 1. The summed E-state index contributed by atoms with van der Waals surface area (Å²) in [7, 11) is 1.81. The summed E-state index contributed by atoms with van der Waals surface area (Å²) in [6, 6.07) is 2.09. The molecule has 0 fully saturated rings. The summed E-state index contributed by atoms with van der Waals surface area (Å²) in [4.78, 5) is 33.1. The number of ether oxygens (including phenoxy) is 1. The third-order valence-corrected chi connectivity index (χ3v) is 9.69. The summed E-state index contributed by atoms with van der Waals surface area (Å²) in [5.74, 6) is -1.15. The van der Waals surface area contributed by atoms with Crippen molar-refractivity contribution in [2.75, 3.05) is 7.05 Å². The first-order valence-corrected chi connectivity index (χ1v) is 14.3. The standard InChI is InChI=1S/C30H35FN4O5S/c1-6-30(39)17-9-21-24-15(11-35(21)26(36)16(17)12-40-28(30)38)23-20(34(5)27(37)25(32)29(3,4)41)8-7-14-13(2)18(31)10-19(33-24)22(14)23/h9-10,20,25,27,37,39,41H,6-8,11-12,32H2,1-5H3/t20-,25+,27?,30-/m0/s1. The molecule has 9 nitrogen and oxygen atoms in total. The first-order chi connectivity index (χ1) is 19.2. The number of benzene rings is 1. The molecular weight excluding hydrogens is 547 g/mol. The number of fused-ring (bicyclic) bond motifs is 5. The van der Waals surface area contributed by atoms with Crippen LogP contribution in [-0.4, -0.2) is 54.7 Å². The van der Waals surface area contributed by atoms with Gasteiger partial charge in [0.1, 0.15) is 18.7 Å². The summed E-state index contributed by atoms with van der Waals surface area (Å²) < 4.78 is 21.3. The van der Waals surface area contributed by atoms with Crippen molar-refractivity contribution in [3.8, 4) is 11.4 Å². The SMILES string of the molecule is CC[C@@]1(O)C(=O)OCc2c1cc1n(c2=O)Cc2c-1nc1cc(F)c(C)c3c1c2[C@@H](N(C)C(O)[C@@H](N)C(C)(C)S)CC3. The fraction of sp³-hybridized carbons (Fsp3) is 0.500. The molecule has 6 rings (SSSR count). The molecule has 2 aromatic heterocycles. The summed E-state index contributed by atoms with van der Waals surface area (Å²) in [6.45, 7) is 7.08. The van der Waals surface area contributed by atoms with Crippen LogP contribution in [0, 0.1) is 12.7 Å². The van der Waals surface area contributed by atoms with E-state index in [9.17, 15) is 19.8 Å². The second-order valence-electron chi connectivity index (χ2n) is 12.1. The van der Waals surface area contributed by atoms with Gasteiger partial charge in [0.05, 0.1) is 35.1 Å². The quantitative estimate of drug-likeness (QED) is 0.161. The number of hydrogen-bond acceptors (Lipinski definition) is 9. The van der Waals surface area contributed by atoms with Crippen LogP contribution in [0.2, 0.25) is 0 Å². The van der Waals surface area contributed by atoms with Gasteiger partial charge in [-0.3, -0.25) is 9.69 Å². The summed E-state index contributed by atoms with van der Waals surface area (Å²) in [5, 5.41) is 23.4. The van der Waals surface area contributed by atoms with E-state index < -0.39 is 28.6 Å². The first kappa shape index (κ1) is 28.3. The van der Waals surface area contributed by atoms with E-state index in [-0.39, 0.29) is 48.1 Å². The minimum atomic E-state index is -1.95. The van der Waals surface area contributed by atoms with E-state index >= 15 is 4.39 Å². The Morgan fingerprint density at radius 1 is 1.32 bits per heavy atom. The van der Waals surface area contributed by atoms with Crippen LogP contribution in [0.4, 0.5) is 4.39 Å². The van der Waals surface area contributed by atoms with Crippen LogP contribution < -0.4 is 11.3 Å². The van der Waals surface area contributed by atoms with Crippen molar-refractivity contribution in [1.82, 2.24) is 14.5 Å². The van der Waals surface area contributed by atoms with Crippen molar-refractivity contribution < 1.29 is 24.1 Å². The molecule has 4 N–H and O–H groups in total. The lowest BCUT2D eigenvalue weighted by Crippen LogP contribution is -2.55. The maximum Gasteiger partial charge on any atom is 0.343 e. The lowest BCUT2D eigenvalue weighted by atomic mass is 9.80. The van der Waals surface area contributed by atoms with Crippen LogP contribution in [0.5, 0.6) is 0 Å². The van der Waals surface area contributed by atoms with E-state index in [0.29, 0.717) is 35.3 Å². The Morgan fingerprint density at radius 2 is 2.02 bits per heavy atom. The van der Waals surface area contributed by atoms with Gasteiger partial charge in [0.15, 0.2) is 5.60 Å². The molecule has 0 saturated carbocycles. The smallest absolute Gasteiger partial charge is 0.343 e. The van der Waals surface area contributed by atoms with Crippen molar-refractivity contribution in [3.63, 3.8) is 0 Å². The number of aryl methyl sites for hydroxylation is 1. The van der Waals surface area contributed by atoms with Gasteiger partial charge in [-0.1, -0.05) is 6.92 Å². The zero-order valence-electron chi connectivity index (χ0n) is 23.8. The Kier molecular flexibility index (Phi) is 6.44. The lowest BCUT2D eigenvalue weighted by Gasteiger charge is -2.41. The van der Waals surface area contributed by atoms with E-state index in [1.807, 2.05) is 25.8 Å². The molecule has 0 radical (unpaired) electrons. The monoisotopic (exact) mass is 582 g/mol. The first-order valence-electron chi connectivity index (χ1n) is 13.9. The van der Waals surface area contributed by atoms with Crippen molar-refractivity contribution in [3.05, 3.63) is 61.7 Å². The number of carbonyl (C=O) groups excluding carboxylic acids is 1. The van der Waals surface area contributed by atoms with Crippen molar-refractivity contribution in [2.45, 2.75) is 88.8 Å².